The van der Waals surface area contributed by atoms with Crippen molar-refractivity contribution in [3.05, 3.63) is 28.5 Å². The van der Waals surface area contributed by atoms with Gasteiger partial charge in [-0.2, -0.15) is 5.10 Å². The van der Waals surface area contributed by atoms with Gasteiger partial charge in [-0.15, -0.1) is 0 Å². The van der Waals surface area contributed by atoms with Gasteiger partial charge in [0.05, 0.1) is 6.20 Å². The number of aryl methyl sites for hydroxylation is 1. The molecule has 0 radical (unpaired) electrons. The van der Waals surface area contributed by atoms with Gasteiger partial charge in [0.25, 0.3) is 5.56 Å². The largest absolute Gasteiger partial charge is 0.334 e. The van der Waals surface area contributed by atoms with Gasteiger partial charge in [-0.25, -0.2) is 9.67 Å². The summed E-state index contributed by atoms with van der Waals surface area (Å²) in [6.07, 6.45) is 4.63. The van der Waals surface area contributed by atoms with Crippen molar-refractivity contribution in [1.29, 1.82) is 0 Å². The maximum Gasteiger partial charge on any atom is 0.292 e. The smallest absolute Gasteiger partial charge is 0.292 e. The van der Waals surface area contributed by atoms with Gasteiger partial charge in [-0.3, -0.25) is 4.79 Å². The highest BCUT2D eigenvalue weighted by Crippen LogP contribution is 2.18. The molecule has 2 aromatic rings. The van der Waals surface area contributed by atoms with Gasteiger partial charge in [0.15, 0.2) is 0 Å². The first-order chi connectivity index (χ1) is 8.25. The standard InChI is InChI=1S/C11H13N5O/c1-16-11(17)9-8(6-13-16)14-10(15-9)7-2-4-12-5-3-7/h2,6,12H,3-5H2,1H3,(H,14,15). The summed E-state index contributed by atoms with van der Waals surface area (Å²) in [5.74, 6) is 0.784. The fourth-order valence-corrected chi connectivity index (χ4v) is 1.99. The molecule has 2 N–H and O–H groups in total. The van der Waals surface area contributed by atoms with Crippen molar-refractivity contribution in [3.8, 4) is 0 Å². The fraction of sp³-hybridized carbons (Fsp3) is 0.364. The van der Waals surface area contributed by atoms with Gasteiger partial charge in [0.2, 0.25) is 0 Å². The second kappa shape index (κ2) is 3.81. The topological polar surface area (TPSA) is 75.6 Å². The van der Waals surface area contributed by atoms with E-state index in [1.54, 1.807) is 13.2 Å². The minimum absolute atomic E-state index is 0.143. The lowest BCUT2D eigenvalue weighted by molar-refractivity contribution is 0.716. The molecule has 2 aromatic heterocycles. The quantitative estimate of drug-likeness (QED) is 0.726. The number of aromatic nitrogens is 4. The monoisotopic (exact) mass is 231 g/mol. The molecule has 1 aliphatic rings. The van der Waals surface area contributed by atoms with Crippen LogP contribution in [0.2, 0.25) is 0 Å². The lowest BCUT2D eigenvalue weighted by Gasteiger charge is -2.11. The van der Waals surface area contributed by atoms with Crippen molar-refractivity contribution in [1.82, 2.24) is 25.1 Å². The lowest BCUT2D eigenvalue weighted by Crippen LogP contribution is -2.20. The van der Waals surface area contributed by atoms with Crippen molar-refractivity contribution >= 4 is 16.6 Å². The summed E-state index contributed by atoms with van der Waals surface area (Å²) in [5, 5.41) is 7.20. The van der Waals surface area contributed by atoms with Crippen LogP contribution in [-0.2, 0) is 7.05 Å². The molecular weight excluding hydrogens is 218 g/mol. The number of H-pyrrole nitrogens is 1. The second-order valence-corrected chi connectivity index (χ2v) is 4.10. The molecule has 3 heterocycles. The number of hydrogen-bond donors (Lipinski definition) is 2. The van der Waals surface area contributed by atoms with Crippen LogP contribution in [0.5, 0.6) is 0 Å². The maximum atomic E-state index is 11.8. The van der Waals surface area contributed by atoms with Crippen molar-refractivity contribution in [2.24, 2.45) is 7.05 Å². The van der Waals surface area contributed by atoms with E-state index in [4.69, 9.17) is 0 Å². The van der Waals surface area contributed by atoms with E-state index in [-0.39, 0.29) is 5.56 Å². The van der Waals surface area contributed by atoms with Crippen LogP contribution in [0.15, 0.2) is 17.1 Å². The Bertz CT molecular complexity index is 651. The normalized spacial score (nSPS) is 16.2. The van der Waals surface area contributed by atoms with Gasteiger partial charge >= 0.3 is 0 Å². The molecule has 0 aliphatic carbocycles. The van der Waals surface area contributed by atoms with Crippen molar-refractivity contribution in [2.75, 3.05) is 13.1 Å². The summed E-state index contributed by atoms with van der Waals surface area (Å²) in [4.78, 5) is 19.3. The van der Waals surface area contributed by atoms with Gasteiger partial charge in [-0.1, -0.05) is 6.08 Å². The van der Waals surface area contributed by atoms with Gasteiger partial charge in [-0.05, 0) is 18.5 Å². The van der Waals surface area contributed by atoms with Crippen LogP contribution in [0.1, 0.15) is 12.2 Å². The van der Waals surface area contributed by atoms with E-state index < -0.39 is 0 Å². The van der Waals surface area contributed by atoms with Gasteiger partial charge in [0.1, 0.15) is 16.9 Å². The Morgan fingerprint density at radius 1 is 1.47 bits per heavy atom. The Morgan fingerprint density at radius 2 is 2.35 bits per heavy atom. The summed E-state index contributed by atoms with van der Waals surface area (Å²) < 4.78 is 1.31. The fourth-order valence-electron chi connectivity index (χ4n) is 1.99. The molecule has 1 aliphatic heterocycles. The number of hydrogen-bond acceptors (Lipinski definition) is 4. The highest BCUT2D eigenvalue weighted by Gasteiger charge is 2.12. The van der Waals surface area contributed by atoms with Crippen LogP contribution in [0, 0.1) is 0 Å². The van der Waals surface area contributed by atoms with E-state index in [1.807, 2.05) is 0 Å². The molecule has 0 saturated carbocycles. The van der Waals surface area contributed by atoms with Crippen molar-refractivity contribution in [2.45, 2.75) is 6.42 Å². The van der Waals surface area contributed by atoms with Crippen LogP contribution < -0.4 is 10.9 Å². The summed E-state index contributed by atoms with van der Waals surface area (Å²) in [5.41, 5.74) is 2.16. The molecule has 17 heavy (non-hydrogen) atoms. The third-order valence-electron chi connectivity index (χ3n) is 2.96. The first kappa shape index (κ1) is 10.2. The zero-order valence-corrected chi connectivity index (χ0v) is 9.53. The molecular formula is C11H13N5O. The molecule has 0 atom stereocenters. The van der Waals surface area contributed by atoms with E-state index in [0.717, 1.165) is 30.9 Å². The van der Waals surface area contributed by atoms with E-state index in [1.165, 1.54) is 4.68 Å². The number of nitrogens with one attached hydrogen (secondary N) is 2. The Balaban J connectivity index is 2.17. The third-order valence-corrected chi connectivity index (χ3v) is 2.96. The molecule has 88 valence electrons. The molecule has 6 heteroatoms. The highest BCUT2D eigenvalue weighted by atomic mass is 16.1. The third kappa shape index (κ3) is 1.66. The first-order valence-corrected chi connectivity index (χ1v) is 5.58. The molecule has 0 spiro atoms. The Kier molecular flexibility index (Phi) is 2.29. The molecule has 0 saturated heterocycles. The Hall–Kier alpha value is -1.95. The zero-order chi connectivity index (χ0) is 11.8. The molecule has 0 aromatic carbocycles. The number of rotatable bonds is 1. The van der Waals surface area contributed by atoms with Crippen LogP contribution in [0.4, 0.5) is 0 Å². The SMILES string of the molecule is Cn1ncc2nc(C3=CCNCC3)[nH]c2c1=O. The molecule has 0 bridgehead atoms. The zero-order valence-electron chi connectivity index (χ0n) is 9.53. The Morgan fingerprint density at radius 3 is 3.12 bits per heavy atom. The number of imidazole rings is 1. The molecule has 6 nitrogen and oxygen atoms in total. The van der Waals surface area contributed by atoms with Crippen molar-refractivity contribution in [3.63, 3.8) is 0 Å². The van der Waals surface area contributed by atoms with Crippen LogP contribution >= 0.6 is 0 Å². The number of nitrogens with zero attached hydrogens (tertiary/aromatic N) is 3. The van der Waals surface area contributed by atoms with E-state index in [2.05, 4.69) is 26.5 Å². The first-order valence-electron chi connectivity index (χ1n) is 5.58. The summed E-state index contributed by atoms with van der Waals surface area (Å²) in [6, 6.07) is 0. The average Bonchev–Trinajstić information content (AvgIpc) is 2.80. The predicted molar refractivity (Wildman–Crippen MR) is 64.6 cm³/mol. The van der Waals surface area contributed by atoms with Crippen molar-refractivity contribution < 1.29 is 0 Å². The summed E-state index contributed by atoms with van der Waals surface area (Å²) in [6.45, 7) is 1.79. The predicted octanol–water partition coefficient (Wildman–Crippen LogP) is 0.0333. The number of aromatic amines is 1. The highest BCUT2D eigenvalue weighted by molar-refractivity contribution is 5.77. The molecule has 0 unspecified atom stereocenters. The second-order valence-electron chi connectivity index (χ2n) is 4.10. The van der Waals surface area contributed by atoms with E-state index in [9.17, 15) is 4.79 Å². The van der Waals surface area contributed by atoms with Gasteiger partial charge < -0.3 is 10.3 Å². The molecule has 3 rings (SSSR count). The number of fused-ring (bicyclic) bond motifs is 1. The lowest BCUT2D eigenvalue weighted by atomic mass is 10.1. The summed E-state index contributed by atoms with van der Waals surface area (Å²) >= 11 is 0. The Labute approximate surface area is 97.4 Å². The van der Waals surface area contributed by atoms with E-state index in [0.29, 0.717) is 11.0 Å². The molecule has 0 amide bonds. The van der Waals surface area contributed by atoms with Crippen LogP contribution in [-0.4, -0.2) is 32.8 Å². The minimum Gasteiger partial charge on any atom is -0.334 e. The van der Waals surface area contributed by atoms with Crippen LogP contribution in [0.25, 0.3) is 16.6 Å². The minimum atomic E-state index is -0.143. The average molecular weight is 231 g/mol. The maximum absolute atomic E-state index is 11.8. The van der Waals surface area contributed by atoms with Crippen LogP contribution in [0.3, 0.4) is 0 Å². The summed E-state index contributed by atoms with van der Waals surface area (Å²) in [7, 11) is 1.63. The van der Waals surface area contributed by atoms with Gasteiger partial charge in [0, 0.05) is 13.6 Å². The van der Waals surface area contributed by atoms with E-state index >= 15 is 0 Å². The molecule has 0 fully saturated rings.